The minimum Gasteiger partial charge on any atom is -0.480 e. The van der Waals surface area contributed by atoms with Gasteiger partial charge < -0.3 is 26.6 Å². The summed E-state index contributed by atoms with van der Waals surface area (Å²) in [5.74, 6) is -3.76. The maximum absolute atomic E-state index is 11.5. The molecule has 0 aromatic rings. The van der Waals surface area contributed by atoms with Crippen LogP contribution in [0, 0.1) is 13.3 Å². The highest BCUT2D eigenvalue weighted by molar-refractivity contribution is 5.90. The van der Waals surface area contributed by atoms with E-state index in [9.17, 15) is 19.2 Å². The minimum atomic E-state index is -1.22. The van der Waals surface area contributed by atoms with Crippen molar-refractivity contribution in [2.45, 2.75) is 24.9 Å². The van der Waals surface area contributed by atoms with Crippen LogP contribution in [-0.2, 0) is 19.2 Å². The summed E-state index contributed by atoms with van der Waals surface area (Å²) < 4.78 is 0. The van der Waals surface area contributed by atoms with E-state index < -0.39 is 42.4 Å². The molecule has 9 heteroatoms. The van der Waals surface area contributed by atoms with E-state index >= 15 is 0 Å². The molecule has 0 bridgehead atoms. The second-order valence-corrected chi connectivity index (χ2v) is 3.88. The summed E-state index contributed by atoms with van der Waals surface area (Å²) in [6.45, 7) is 2.76. The number of carboxylic acid groups (broad SMARTS) is 2. The largest absolute Gasteiger partial charge is 0.480 e. The molecule has 2 atom stereocenters. The van der Waals surface area contributed by atoms with Gasteiger partial charge in [-0.15, -0.1) is 6.92 Å². The Hall–Kier alpha value is -2.29. The van der Waals surface area contributed by atoms with Crippen molar-refractivity contribution in [3.63, 3.8) is 0 Å². The molecule has 0 saturated carbocycles. The Bertz CT molecular complexity index is 384. The first-order valence-corrected chi connectivity index (χ1v) is 5.67. The van der Waals surface area contributed by atoms with Crippen LogP contribution in [0.15, 0.2) is 0 Å². The standard InChI is InChI=1S/C11H17N3O6/c1-2-7(10(18)13-5-9(16)17)14-8(15)4-3-6(12)11(19)20/h2,6-7H,1,3-5,12H2,(H,13,18)(H,14,15)(H,16,17)(H,19,20)/t6-,7-/m0/s1. The van der Waals surface area contributed by atoms with Crippen molar-refractivity contribution >= 4 is 23.8 Å². The van der Waals surface area contributed by atoms with Crippen LogP contribution in [0.1, 0.15) is 12.8 Å². The second kappa shape index (κ2) is 8.75. The maximum atomic E-state index is 11.5. The monoisotopic (exact) mass is 287 g/mol. The summed E-state index contributed by atoms with van der Waals surface area (Å²) >= 11 is 0. The van der Waals surface area contributed by atoms with E-state index in [1.165, 1.54) is 0 Å². The Morgan fingerprint density at radius 1 is 1.25 bits per heavy atom. The topological polar surface area (TPSA) is 159 Å². The van der Waals surface area contributed by atoms with Crippen LogP contribution in [0.3, 0.4) is 0 Å². The molecule has 0 aliphatic heterocycles. The van der Waals surface area contributed by atoms with Gasteiger partial charge in [0.05, 0.1) is 0 Å². The molecule has 0 heterocycles. The third kappa shape index (κ3) is 7.21. The predicted octanol–water partition coefficient (Wildman–Crippen LogP) is -2.10. The quantitative estimate of drug-likeness (QED) is 0.304. The number of aliphatic carboxylic acids is 2. The summed E-state index contributed by atoms with van der Waals surface area (Å²) in [7, 11) is 0. The highest BCUT2D eigenvalue weighted by Gasteiger charge is 2.23. The second-order valence-electron chi connectivity index (χ2n) is 3.88. The lowest BCUT2D eigenvalue weighted by molar-refractivity contribution is -0.139. The number of carbonyl (C=O) groups is 4. The SMILES string of the molecule is [CH2-][CH+][C@H](NC(=O)CC[C@H](N)C(=O)O)C(=O)NCC(=O)O. The molecule has 6 N–H and O–H groups in total. The molecule has 0 aliphatic rings. The Morgan fingerprint density at radius 2 is 1.85 bits per heavy atom. The first-order chi connectivity index (χ1) is 9.27. The predicted molar refractivity (Wildman–Crippen MR) is 67.1 cm³/mol. The van der Waals surface area contributed by atoms with Crippen molar-refractivity contribution in [2.24, 2.45) is 5.73 Å². The number of amides is 2. The fourth-order valence-corrected chi connectivity index (χ4v) is 1.16. The van der Waals surface area contributed by atoms with Crippen molar-refractivity contribution < 1.29 is 29.4 Å². The molecule has 0 saturated heterocycles. The van der Waals surface area contributed by atoms with Gasteiger partial charge in [0.25, 0.3) is 5.91 Å². The zero-order chi connectivity index (χ0) is 15.7. The van der Waals surface area contributed by atoms with Crippen LogP contribution >= 0.6 is 0 Å². The van der Waals surface area contributed by atoms with Crippen molar-refractivity contribution in [1.29, 1.82) is 0 Å². The lowest BCUT2D eigenvalue weighted by Gasteiger charge is -2.13. The van der Waals surface area contributed by atoms with E-state index in [-0.39, 0.29) is 12.8 Å². The van der Waals surface area contributed by atoms with Crippen LogP contribution in [0.2, 0.25) is 0 Å². The third-order valence-electron chi connectivity index (χ3n) is 2.25. The lowest BCUT2D eigenvalue weighted by Crippen LogP contribution is -2.48. The Kier molecular flexibility index (Phi) is 7.75. The molecule has 112 valence electrons. The summed E-state index contributed by atoms with van der Waals surface area (Å²) in [5.41, 5.74) is 5.22. The van der Waals surface area contributed by atoms with Gasteiger partial charge in [-0.1, -0.05) is 0 Å². The van der Waals surface area contributed by atoms with Gasteiger partial charge in [-0.2, -0.15) is 0 Å². The Balaban J connectivity index is 4.21. The molecule has 2 amide bonds. The van der Waals surface area contributed by atoms with Gasteiger partial charge >= 0.3 is 11.9 Å². The molecule has 0 aliphatic carbocycles. The molecule has 0 aromatic carbocycles. The molecule has 0 spiro atoms. The molecular formula is C11H17N3O6. The van der Waals surface area contributed by atoms with Gasteiger partial charge in [-0.25, -0.2) is 0 Å². The summed E-state index contributed by atoms with van der Waals surface area (Å²) in [6, 6.07) is -2.26. The first-order valence-electron chi connectivity index (χ1n) is 5.67. The zero-order valence-corrected chi connectivity index (χ0v) is 10.7. The highest BCUT2D eigenvalue weighted by atomic mass is 16.4. The van der Waals surface area contributed by atoms with Crippen molar-refractivity contribution in [2.75, 3.05) is 6.54 Å². The van der Waals surface area contributed by atoms with Gasteiger partial charge in [0, 0.05) is 6.42 Å². The first kappa shape index (κ1) is 17.7. The highest BCUT2D eigenvalue weighted by Crippen LogP contribution is 1.97. The summed E-state index contributed by atoms with van der Waals surface area (Å²) in [6.07, 6.45) is 0.873. The Labute approximate surface area is 115 Å². The number of carbonyl (C=O) groups excluding carboxylic acids is 2. The van der Waals surface area contributed by atoms with Gasteiger partial charge in [-0.3, -0.25) is 19.2 Å². The molecule has 9 nitrogen and oxygen atoms in total. The number of nitrogens with two attached hydrogens (primary N) is 1. The van der Waals surface area contributed by atoms with Crippen molar-refractivity contribution in [1.82, 2.24) is 10.6 Å². The van der Waals surface area contributed by atoms with Crippen LogP contribution < -0.4 is 16.4 Å². The number of hydrogen-bond acceptors (Lipinski definition) is 5. The van der Waals surface area contributed by atoms with Crippen LogP contribution in [-0.4, -0.2) is 52.6 Å². The number of carboxylic acids is 2. The Morgan fingerprint density at radius 3 is 2.30 bits per heavy atom. The molecule has 0 fully saturated rings. The van der Waals surface area contributed by atoms with Crippen LogP contribution in [0.5, 0.6) is 0 Å². The lowest BCUT2D eigenvalue weighted by atomic mass is 10.1. The number of hydrogen-bond donors (Lipinski definition) is 5. The zero-order valence-electron chi connectivity index (χ0n) is 10.7. The average molecular weight is 287 g/mol. The van der Waals surface area contributed by atoms with E-state index in [0.29, 0.717) is 0 Å². The van der Waals surface area contributed by atoms with Crippen molar-refractivity contribution in [3.05, 3.63) is 13.3 Å². The summed E-state index contributed by atoms with van der Waals surface area (Å²) in [5, 5.41) is 21.3. The van der Waals surface area contributed by atoms with Gasteiger partial charge in [0.15, 0.2) is 0 Å². The number of rotatable bonds is 9. The van der Waals surface area contributed by atoms with Crippen molar-refractivity contribution in [3.8, 4) is 0 Å². The van der Waals surface area contributed by atoms with Crippen LogP contribution in [0.4, 0.5) is 0 Å². The molecule has 20 heavy (non-hydrogen) atoms. The fraction of sp³-hybridized carbons (Fsp3) is 0.455. The van der Waals surface area contributed by atoms with E-state index in [1.54, 1.807) is 0 Å². The molecule has 0 rings (SSSR count). The number of nitrogens with one attached hydrogen (secondary N) is 2. The van der Waals surface area contributed by atoms with Gasteiger partial charge in [-0.05, 0) is 12.8 Å². The van der Waals surface area contributed by atoms with E-state index in [0.717, 1.165) is 6.42 Å². The molecule has 0 radical (unpaired) electrons. The van der Waals surface area contributed by atoms with Gasteiger partial charge in [0.2, 0.25) is 11.9 Å². The average Bonchev–Trinajstić information content (AvgIpc) is 2.38. The van der Waals surface area contributed by atoms with Crippen LogP contribution in [0.25, 0.3) is 0 Å². The van der Waals surface area contributed by atoms with Gasteiger partial charge in [0.1, 0.15) is 12.6 Å². The normalized spacial score (nSPS) is 12.9. The molecule has 0 aromatic heterocycles. The van der Waals surface area contributed by atoms with E-state index in [4.69, 9.17) is 15.9 Å². The van der Waals surface area contributed by atoms with E-state index in [2.05, 4.69) is 17.6 Å². The third-order valence-corrected chi connectivity index (χ3v) is 2.25. The molecule has 0 unspecified atom stereocenters. The minimum absolute atomic E-state index is 0.0816. The fourth-order valence-electron chi connectivity index (χ4n) is 1.16. The summed E-state index contributed by atoms with van der Waals surface area (Å²) in [4.78, 5) is 43.7. The van der Waals surface area contributed by atoms with E-state index in [1.807, 2.05) is 0 Å². The maximum Gasteiger partial charge on any atom is 0.322 e. The smallest absolute Gasteiger partial charge is 0.322 e. The molecular weight excluding hydrogens is 270 g/mol.